The molecule has 0 saturated carbocycles. The Kier molecular flexibility index (Phi) is 6.02. The number of hydrogen-bond acceptors (Lipinski definition) is 3. The molecule has 3 atom stereocenters. The topological polar surface area (TPSA) is 45.2 Å². The highest BCUT2D eigenvalue weighted by atomic mass is 35.5. The van der Waals surface area contributed by atoms with Gasteiger partial charge in [-0.15, -0.1) is 0 Å². The Morgan fingerprint density at radius 1 is 1.20 bits per heavy atom. The molecule has 2 unspecified atom stereocenters. The Labute approximate surface area is 178 Å². The van der Waals surface area contributed by atoms with Crippen LogP contribution in [0.3, 0.4) is 0 Å². The number of halogens is 4. The summed E-state index contributed by atoms with van der Waals surface area (Å²) < 4.78 is 42.2. The Balaban J connectivity index is 1.69. The van der Waals surface area contributed by atoms with Crippen LogP contribution in [0.4, 0.5) is 13.2 Å². The summed E-state index contributed by atoms with van der Waals surface area (Å²) in [4.78, 5) is 19.6. The molecule has 3 heterocycles. The summed E-state index contributed by atoms with van der Waals surface area (Å²) in [6.07, 6.45) is 8.59. The summed E-state index contributed by atoms with van der Waals surface area (Å²) in [5.74, 6) is -5.52. The van der Waals surface area contributed by atoms with Gasteiger partial charge >= 0.3 is 0 Å². The molecule has 160 valence electrons. The minimum Gasteiger partial charge on any atom is -0.343 e. The molecule has 1 amide bonds. The molecule has 4 nitrogen and oxygen atoms in total. The van der Waals surface area contributed by atoms with E-state index in [9.17, 15) is 18.0 Å². The molecule has 2 fully saturated rings. The second-order valence-corrected chi connectivity index (χ2v) is 8.40. The predicted octanol–water partition coefficient (Wildman–Crippen LogP) is 4.95. The van der Waals surface area contributed by atoms with E-state index in [2.05, 4.69) is 15.2 Å². The van der Waals surface area contributed by atoms with E-state index < -0.39 is 40.0 Å². The second kappa shape index (κ2) is 8.55. The van der Waals surface area contributed by atoms with Gasteiger partial charge in [0, 0.05) is 30.0 Å². The van der Waals surface area contributed by atoms with E-state index in [1.165, 1.54) is 13.3 Å². The third kappa shape index (κ3) is 3.69. The molecule has 2 saturated heterocycles. The van der Waals surface area contributed by atoms with Crippen LogP contribution in [0.5, 0.6) is 0 Å². The fourth-order valence-corrected chi connectivity index (χ4v) is 5.03. The number of carbonyl (C=O) groups is 1. The van der Waals surface area contributed by atoms with Crippen LogP contribution in [0.15, 0.2) is 24.5 Å². The lowest BCUT2D eigenvalue weighted by Crippen LogP contribution is -2.47. The van der Waals surface area contributed by atoms with Crippen LogP contribution < -0.4 is 5.32 Å². The minimum absolute atomic E-state index is 0.0108. The summed E-state index contributed by atoms with van der Waals surface area (Å²) in [6.45, 7) is 2.15. The lowest BCUT2D eigenvalue weighted by molar-refractivity contribution is 0.0858. The maximum Gasteiger partial charge on any atom is 0.256 e. The highest BCUT2D eigenvalue weighted by Crippen LogP contribution is 2.38. The molecule has 2 aliphatic rings. The fourth-order valence-electron chi connectivity index (χ4n) is 4.78. The quantitative estimate of drug-likeness (QED) is 0.544. The first-order valence-electron chi connectivity index (χ1n) is 10.2. The number of hydrogen-bond donors (Lipinski definition) is 1. The van der Waals surface area contributed by atoms with E-state index in [0.717, 1.165) is 37.8 Å². The molecule has 0 radical (unpaired) electrons. The van der Waals surface area contributed by atoms with Crippen LogP contribution in [0.2, 0.25) is 5.02 Å². The van der Waals surface area contributed by atoms with Crippen LogP contribution >= 0.6 is 11.6 Å². The van der Waals surface area contributed by atoms with E-state index in [4.69, 9.17) is 11.6 Å². The van der Waals surface area contributed by atoms with Crippen LogP contribution in [-0.2, 0) is 0 Å². The average molecular weight is 438 g/mol. The zero-order valence-electron chi connectivity index (χ0n) is 16.6. The highest BCUT2D eigenvalue weighted by Gasteiger charge is 2.41. The van der Waals surface area contributed by atoms with Gasteiger partial charge in [-0.05, 0) is 50.8 Å². The van der Waals surface area contributed by atoms with Crippen molar-refractivity contribution < 1.29 is 18.0 Å². The number of nitrogens with one attached hydrogen (secondary N) is 1. The van der Waals surface area contributed by atoms with Crippen LogP contribution in [-0.4, -0.2) is 34.4 Å². The first-order chi connectivity index (χ1) is 14.4. The van der Waals surface area contributed by atoms with E-state index in [-0.39, 0.29) is 11.6 Å². The van der Waals surface area contributed by atoms with Crippen molar-refractivity contribution in [2.45, 2.75) is 57.2 Å². The van der Waals surface area contributed by atoms with Crippen molar-refractivity contribution in [2.75, 3.05) is 6.54 Å². The van der Waals surface area contributed by atoms with Gasteiger partial charge in [-0.25, -0.2) is 13.2 Å². The minimum atomic E-state index is -1.70. The van der Waals surface area contributed by atoms with E-state index in [1.54, 1.807) is 18.5 Å². The first-order valence-corrected chi connectivity index (χ1v) is 10.6. The Bertz CT molecular complexity index is 927. The number of aromatic nitrogens is 1. The Morgan fingerprint density at radius 3 is 2.73 bits per heavy atom. The monoisotopic (exact) mass is 437 g/mol. The van der Waals surface area contributed by atoms with Crippen molar-refractivity contribution in [3.05, 3.63) is 63.7 Å². The summed E-state index contributed by atoms with van der Waals surface area (Å²) >= 11 is 6.04. The number of fused-ring (bicyclic) bond motifs is 1. The third-order valence-electron chi connectivity index (χ3n) is 6.32. The molecular formula is C22H23ClF3N3O. The molecule has 0 aliphatic carbocycles. The molecular weight excluding hydrogens is 415 g/mol. The summed E-state index contributed by atoms with van der Waals surface area (Å²) in [7, 11) is 0. The maximum atomic E-state index is 14.5. The summed E-state index contributed by atoms with van der Waals surface area (Å²) in [5, 5.41) is 2.43. The van der Waals surface area contributed by atoms with Crippen molar-refractivity contribution in [1.82, 2.24) is 15.2 Å². The molecule has 1 aromatic carbocycles. The number of benzene rings is 1. The van der Waals surface area contributed by atoms with Crippen molar-refractivity contribution >= 4 is 17.5 Å². The molecule has 2 aliphatic heterocycles. The summed E-state index contributed by atoms with van der Waals surface area (Å²) in [6, 6.07) is 3.62. The summed E-state index contributed by atoms with van der Waals surface area (Å²) in [5.41, 5.74) is -0.191. The zero-order chi connectivity index (χ0) is 21.4. The standard InChI is InChI=1S/C22H23ClF3N3O/c1-12-17(23)16(19(25)20(26)18(12)24)22(30)28-21(13-5-4-9-27-11-13)15-8-7-14-6-2-3-10-29(14)15/h4-5,9,11,14-15,21H,2-3,6-8,10H2,1H3,(H,28,30)/t14?,15?,21-/m0/s1. The van der Waals surface area contributed by atoms with Gasteiger partial charge in [0.25, 0.3) is 5.91 Å². The Morgan fingerprint density at radius 2 is 2.00 bits per heavy atom. The second-order valence-electron chi connectivity index (χ2n) is 8.03. The zero-order valence-corrected chi connectivity index (χ0v) is 17.4. The van der Waals surface area contributed by atoms with Gasteiger partial charge in [-0.2, -0.15) is 0 Å². The third-order valence-corrected chi connectivity index (χ3v) is 6.79. The lowest BCUT2D eigenvalue weighted by atomic mass is 9.97. The maximum absolute atomic E-state index is 14.5. The number of pyridine rings is 1. The number of amides is 1. The van der Waals surface area contributed by atoms with Crippen molar-refractivity contribution in [3.63, 3.8) is 0 Å². The van der Waals surface area contributed by atoms with Gasteiger partial charge in [-0.3, -0.25) is 14.7 Å². The average Bonchev–Trinajstić information content (AvgIpc) is 3.19. The smallest absolute Gasteiger partial charge is 0.256 e. The molecule has 8 heteroatoms. The first kappa shape index (κ1) is 21.1. The molecule has 0 bridgehead atoms. The molecule has 0 spiro atoms. The molecule has 30 heavy (non-hydrogen) atoms. The van der Waals surface area contributed by atoms with E-state index >= 15 is 0 Å². The largest absolute Gasteiger partial charge is 0.343 e. The number of carbonyl (C=O) groups excluding carboxylic acids is 1. The predicted molar refractivity (Wildman–Crippen MR) is 108 cm³/mol. The lowest BCUT2D eigenvalue weighted by Gasteiger charge is -2.38. The Hall–Kier alpha value is -2.12. The van der Waals surface area contributed by atoms with E-state index in [1.807, 2.05) is 6.07 Å². The van der Waals surface area contributed by atoms with Gasteiger partial charge in [0.2, 0.25) is 0 Å². The number of piperidine rings is 1. The molecule has 1 N–H and O–H groups in total. The van der Waals surface area contributed by atoms with Crippen molar-refractivity contribution in [1.29, 1.82) is 0 Å². The highest BCUT2D eigenvalue weighted by molar-refractivity contribution is 6.34. The van der Waals surface area contributed by atoms with Crippen LogP contribution in [0, 0.1) is 24.4 Å². The molecule has 4 rings (SSSR count). The number of nitrogens with zero attached hydrogens (tertiary/aromatic N) is 2. The van der Waals surface area contributed by atoms with Gasteiger partial charge in [0.15, 0.2) is 17.5 Å². The SMILES string of the molecule is Cc1c(F)c(F)c(F)c(C(=O)N[C@@H](c2cccnc2)C2CCC3CCCCN32)c1Cl. The van der Waals surface area contributed by atoms with Crippen LogP contribution in [0.25, 0.3) is 0 Å². The van der Waals surface area contributed by atoms with Gasteiger partial charge in [0.1, 0.15) is 0 Å². The van der Waals surface area contributed by atoms with Crippen LogP contribution in [0.1, 0.15) is 59.6 Å². The fraction of sp³-hybridized carbons (Fsp3) is 0.455. The normalized spacial score (nSPS) is 22.6. The van der Waals surface area contributed by atoms with E-state index in [0.29, 0.717) is 6.04 Å². The number of rotatable bonds is 4. The van der Waals surface area contributed by atoms with Gasteiger partial charge < -0.3 is 5.32 Å². The molecule has 1 aromatic heterocycles. The van der Waals surface area contributed by atoms with Crippen molar-refractivity contribution in [2.24, 2.45) is 0 Å². The van der Waals surface area contributed by atoms with Crippen molar-refractivity contribution in [3.8, 4) is 0 Å². The van der Waals surface area contributed by atoms with Gasteiger partial charge in [-0.1, -0.05) is 24.1 Å². The van der Waals surface area contributed by atoms with Gasteiger partial charge in [0.05, 0.1) is 16.6 Å². The molecule has 2 aromatic rings.